The van der Waals surface area contributed by atoms with Gasteiger partial charge >= 0.3 is 0 Å². The third kappa shape index (κ3) is 3.33. The minimum atomic E-state index is -0.569. The number of halogens is 1. The average molecular weight is 360 g/mol. The molecule has 2 aliphatic rings. The zero-order valence-corrected chi connectivity index (χ0v) is 15.2. The first-order valence-corrected chi connectivity index (χ1v) is 9.39. The number of nitrogens with zero attached hydrogens (tertiary/aromatic N) is 4. The number of likely N-dealkylation sites (tertiary alicyclic amines) is 1. The number of amides is 1. The molecule has 0 aromatic carbocycles. The molecular formula is C19H25FN4O2. The van der Waals surface area contributed by atoms with Crippen molar-refractivity contribution < 1.29 is 13.9 Å². The Bertz CT molecular complexity index is 800. The molecule has 7 heteroatoms. The zero-order valence-electron chi connectivity index (χ0n) is 15.2. The van der Waals surface area contributed by atoms with Gasteiger partial charge in [-0.2, -0.15) is 4.39 Å². The number of pyridine rings is 1. The summed E-state index contributed by atoms with van der Waals surface area (Å²) >= 11 is 0. The lowest BCUT2D eigenvalue weighted by atomic mass is 10.0. The van der Waals surface area contributed by atoms with E-state index in [0.717, 1.165) is 57.7 Å². The predicted molar refractivity (Wildman–Crippen MR) is 95.8 cm³/mol. The molecule has 4 rings (SSSR count). The first kappa shape index (κ1) is 17.4. The van der Waals surface area contributed by atoms with Crippen molar-refractivity contribution in [2.75, 3.05) is 39.4 Å². The van der Waals surface area contributed by atoms with Crippen molar-refractivity contribution >= 4 is 11.6 Å². The van der Waals surface area contributed by atoms with Crippen LogP contribution in [0.3, 0.4) is 0 Å². The number of aromatic nitrogens is 2. The van der Waals surface area contributed by atoms with Crippen LogP contribution in [-0.2, 0) is 4.74 Å². The quantitative estimate of drug-likeness (QED) is 0.841. The van der Waals surface area contributed by atoms with Crippen LogP contribution in [-0.4, -0.2) is 70.5 Å². The summed E-state index contributed by atoms with van der Waals surface area (Å²) in [6.45, 7) is 6.67. The van der Waals surface area contributed by atoms with Crippen LogP contribution in [0, 0.1) is 12.9 Å². The van der Waals surface area contributed by atoms with E-state index in [1.807, 2.05) is 17.9 Å². The van der Waals surface area contributed by atoms with Crippen LogP contribution in [0.5, 0.6) is 0 Å². The average Bonchev–Trinajstić information content (AvgIpc) is 2.98. The standard InChI is InChI=1S/C19H25FN4O2/c1-14-5-7-24-16(12-14)21-17(18(24)20)19(25)23-6-3-2-4-15(23)13-22-8-10-26-11-9-22/h5,7,12,15H,2-4,6,8-11,13H2,1H3/t15-/m0/s1. The second kappa shape index (κ2) is 7.32. The molecule has 0 bridgehead atoms. The van der Waals surface area contributed by atoms with Crippen LogP contribution >= 0.6 is 0 Å². The number of imidazole rings is 1. The summed E-state index contributed by atoms with van der Waals surface area (Å²) in [5.41, 5.74) is 1.40. The first-order valence-electron chi connectivity index (χ1n) is 9.39. The third-order valence-electron chi connectivity index (χ3n) is 5.39. The van der Waals surface area contributed by atoms with E-state index in [4.69, 9.17) is 4.74 Å². The molecule has 2 aromatic heterocycles. The molecule has 0 N–H and O–H groups in total. The van der Waals surface area contributed by atoms with Crippen LogP contribution in [0.25, 0.3) is 5.65 Å². The smallest absolute Gasteiger partial charge is 0.277 e. The van der Waals surface area contributed by atoms with Crippen LogP contribution in [0.2, 0.25) is 0 Å². The van der Waals surface area contributed by atoms with Gasteiger partial charge in [-0.3, -0.25) is 14.1 Å². The van der Waals surface area contributed by atoms with Crippen molar-refractivity contribution in [1.82, 2.24) is 19.2 Å². The molecule has 0 aliphatic carbocycles. The minimum Gasteiger partial charge on any atom is -0.379 e. The van der Waals surface area contributed by atoms with Crippen LogP contribution in [0.4, 0.5) is 4.39 Å². The number of fused-ring (bicyclic) bond motifs is 1. The van der Waals surface area contributed by atoms with Gasteiger partial charge in [0.1, 0.15) is 5.65 Å². The lowest BCUT2D eigenvalue weighted by Gasteiger charge is -2.39. The van der Waals surface area contributed by atoms with Gasteiger partial charge in [0.05, 0.1) is 13.2 Å². The van der Waals surface area contributed by atoms with Gasteiger partial charge in [0.2, 0.25) is 5.95 Å². The maximum atomic E-state index is 14.8. The summed E-state index contributed by atoms with van der Waals surface area (Å²) in [7, 11) is 0. The van der Waals surface area contributed by atoms with E-state index >= 15 is 0 Å². The normalized spacial score (nSPS) is 22.1. The summed E-state index contributed by atoms with van der Waals surface area (Å²) in [6.07, 6.45) is 4.65. The summed E-state index contributed by atoms with van der Waals surface area (Å²) in [5.74, 6) is -0.859. The summed E-state index contributed by atoms with van der Waals surface area (Å²) in [5, 5.41) is 0. The minimum absolute atomic E-state index is 0.0653. The highest BCUT2D eigenvalue weighted by atomic mass is 19.1. The number of hydrogen-bond acceptors (Lipinski definition) is 4. The van der Waals surface area contributed by atoms with Gasteiger partial charge in [-0.15, -0.1) is 0 Å². The molecule has 140 valence electrons. The van der Waals surface area contributed by atoms with E-state index in [-0.39, 0.29) is 17.6 Å². The van der Waals surface area contributed by atoms with E-state index in [1.54, 1.807) is 12.3 Å². The predicted octanol–water partition coefficient (Wildman–Crippen LogP) is 2.11. The molecule has 2 aliphatic heterocycles. The first-order chi connectivity index (χ1) is 12.6. The Kier molecular flexibility index (Phi) is 4.91. The Hall–Kier alpha value is -1.99. The lowest BCUT2D eigenvalue weighted by Crippen LogP contribution is -2.51. The van der Waals surface area contributed by atoms with Crippen molar-refractivity contribution in [1.29, 1.82) is 0 Å². The molecule has 2 saturated heterocycles. The topological polar surface area (TPSA) is 50.1 Å². The molecule has 2 aromatic rings. The second-order valence-corrected chi connectivity index (χ2v) is 7.24. The second-order valence-electron chi connectivity index (χ2n) is 7.24. The van der Waals surface area contributed by atoms with Crippen molar-refractivity contribution in [2.45, 2.75) is 32.2 Å². The maximum absolute atomic E-state index is 14.8. The molecule has 0 spiro atoms. The highest BCUT2D eigenvalue weighted by Gasteiger charge is 2.32. The Labute approximate surface area is 152 Å². The summed E-state index contributed by atoms with van der Waals surface area (Å²) < 4.78 is 21.5. The van der Waals surface area contributed by atoms with E-state index in [2.05, 4.69) is 9.88 Å². The molecular weight excluding hydrogens is 335 g/mol. The van der Waals surface area contributed by atoms with Gasteiger partial charge in [0.15, 0.2) is 5.69 Å². The fourth-order valence-corrected chi connectivity index (χ4v) is 3.93. The van der Waals surface area contributed by atoms with Gasteiger partial charge in [-0.25, -0.2) is 4.98 Å². The zero-order chi connectivity index (χ0) is 18.1. The number of hydrogen-bond donors (Lipinski definition) is 0. The Balaban J connectivity index is 1.57. The number of rotatable bonds is 3. The lowest BCUT2D eigenvalue weighted by molar-refractivity contribution is 0.0163. The monoisotopic (exact) mass is 360 g/mol. The van der Waals surface area contributed by atoms with Crippen molar-refractivity contribution in [3.05, 3.63) is 35.5 Å². The highest BCUT2D eigenvalue weighted by molar-refractivity contribution is 5.93. The van der Waals surface area contributed by atoms with Crippen molar-refractivity contribution in [3.8, 4) is 0 Å². The van der Waals surface area contributed by atoms with Gasteiger partial charge in [0, 0.05) is 38.4 Å². The molecule has 6 nitrogen and oxygen atoms in total. The number of carbonyl (C=O) groups is 1. The van der Waals surface area contributed by atoms with Crippen LogP contribution < -0.4 is 0 Å². The molecule has 0 saturated carbocycles. The van der Waals surface area contributed by atoms with Gasteiger partial charge < -0.3 is 9.64 Å². The fourth-order valence-electron chi connectivity index (χ4n) is 3.93. The van der Waals surface area contributed by atoms with Crippen LogP contribution in [0.15, 0.2) is 18.3 Å². The summed E-state index contributed by atoms with van der Waals surface area (Å²) in [4.78, 5) is 21.6. The molecule has 1 atom stereocenters. The van der Waals surface area contributed by atoms with E-state index in [9.17, 15) is 9.18 Å². The Morgan fingerprint density at radius 2 is 2.12 bits per heavy atom. The molecule has 1 amide bonds. The van der Waals surface area contributed by atoms with E-state index in [1.165, 1.54) is 4.40 Å². The van der Waals surface area contributed by atoms with Crippen molar-refractivity contribution in [3.63, 3.8) is 0 Å². The number of morpholine rings is 1. The van der Waals surface area contributed by atoms with Gasteiger partial charge in [-0.1, -0.05) is 0 Å². The number of ether oxygens (including phenoxy) is 1. The SMILES string of the molecule is Cc1ccn2c(F)c(C(=O)N3CCCC[C@H]3CN3CCOCC3)nc2c1. The molecule has 26 heavy (non-hydrogen) atoms. The Morgan fingerprint density at radius 1 is 1.31 bits per heavy atom. The van der Waals surface area contributed by atoms with Crippen molar-refractivity contribution in [2.24, 2.45) is 0 Å². The molecule has 0 unspecified atom stereocenters. The molecule has 0 radical (unpaired) electrons. The Morgan fingerprint density at radius 3 is 2.92 bits per heavy atom. The molecule has 2 fully saturated rings. The third-order valence-corrected chi connectivity index (χ3v) is 5.39. The van der Waals surface area contributed by atoms with E-state index in [0.29, 0.717) is 12.2 Å². The molecule has 4 heterocycles. The van der Waals surface area contributed by atoms with Gasteiger partial charge in [0.25, 0.3) is 5.91 Å². The maximum Gasteiger partial charge on any atom is 0.277 e. The number of carbonyl (C=O) groups excluding carboxylic acids is 1. The van der Waals surface area contributed by atoms with Gasteiger partial charge in [-0.05, 0) is 43.9 Å². The van der Waals surface area contributed by atoms with E-state index < -0.39 is 5.95 Å². The highest BCUT2D eigenvalue weighted by Crippen LogP contribution is 2.22. The fraction of sp³-hybridized carbons (Fsp3) is 0.579. The largest absolute Gasteiger partial charge is 0.379 e. The number of aryl methyl sites for hydroxylation is 1. The summed E-state index contributed by atoms with van der Waals surface area (Å²) in [6, 6.07) is 3.72. The van der Waals surface area contributed by atoms with Crippen LogP contribution in [0.1, 0.15) is 35.3 Å². The number of piperidine rings is 1.